The Hall–Kier alpha value is -1.13. The largest absolute Gasteiger partial charge is 0.0991 e. The molecule has 0 nitrogen and oxygen atoms in total. The van der Waals surface area contributed by atoms with Gasteiger partial charge in [-0.15, -0.1) is 0 Å². The highest BCUT2D eigenvalue weighted by atomic mass is 31.1. The van der Waals surface area contributed by atoms with Crippen LogP contribution in [0.4, 0.5) is 0 Å². The summed E-state index contributed by atoms with van der Waals surface area (Å²) in [6.07, 6.45) is 0. The molecular weight excluding hydrogens is 223 g/mol. The van der Waals surface area contributed by atoms with Crippen molar-refractivity contribution in [2.75, 3.05) is 0 Å². The fourth-order valence-corrected chi connectivity index (χ4v) is 3.61. The number of benzene rings is 2. The predicted octanol–water partition coefficient (Wildman–Crippen LogP) is 3.97. The molecule has 0 saturated heterocycles. The van der Waals surface area contributed by atoms with Gasteiger partial charge in [-0.25, -0.2) is 0 Å². The van der Waals surface area contributed by atoms with Gasteiger partial charge < -0.3 is 0 Å². The minimum atomic E-state index is 0.254. The zero-order valence-corrected chi connectivity index (χ0v) is 11.9. The van der Waals surface area contributed by atoms with E-state index in [1.165, 1.54) is 16.4 Å². The molecule has 0 aromatic heterocycles. The Morgan fingerprint density at radius 3 is 2.00 bits per heavy atom. The second-order valence-electron chi connectivity index (χ2n) is 5.14. The van der Waals surface area contributed by atoms with Gasteiger partial charge in [0.2, 0.25) is 0 Å². The molecule has 0 radical (unpaired) electrons. The molecule has 0 N–H and O–H groups in total. The van der Waals surface area contributed by atoms with Gasteiger partial charge in [-0.3, -0.25) is 0 Å². The summed E-state index contributed by atoms with van der Waals surface area (Å²) in [4.78, 5) is 0. The van der Waals surface area contributed by atoms with Crippen LogP contribution in [0, 0.1) is 6.92 Å². The Balaban J connectivity index is 2.20. The van der Waals surface area contributed by atoms with Gasteiger partial charge in [0, 0.05) is 8.58 Å². The van der Waals surface area contributed by atoms with Crippen molar-refractivity contribution in [1.29, 1.82) is 0 Å². The maximum atomic E-state index is 2.34. The second kappa shape index (κ2) is 5.02. The van der Waals surface area contributed by atoms with E-state index in [-0.39, 0.29) is 13.7 Å². The van der Waals surface area contributed by atoms with Crippen LogP contribution in [0.3, 0.4) is 0 Å². The van der Waals surface area contributed by atoms with E-state index in [1.807, 2.05) is 0 Å². The first-order chi connectivity index (χ1) is 8.08. The first-order valence-corrected chi connectivity index (χ1v) is 7.21. The van der Waals surface area contributed by atoms with Crippen molar-refractivity contribution in [1.82, 2.24) is 0 Å². The van der Waals surface area contributed by atoms with Gasteiger partial charge in [-0.2, -0.15) is 0 Å². The summed E-state index contributed by atoms with van der Waals surface area (Å²) in [5, 5.41) is 1.76. The van der Waals surface area contributed by atoms with Crippen molar-refractivity contribution >= 4 is 13.9 Å². The monoisotopic (exact) mass is 243 g/mol. The highest BCUT2D eigenvalue weighted by Gasteiger charge is 2.27. The molecule has 1 heteroatoms. The fraction of sp³-hybridized carbons (Fsp3) is 0.250. The molecule has 0 spiro atoms. The molecule has 0 aliphatic heterocycles. The molecule has 17 heavy (non-hydrogen) atoms. The Bertz CT molecular complexity index is 469. The molecule has 1 atom stereocenters. The smallest absolute Gasteiger partial charge is 0.0622 e. The average Bonchev–Trinajstić information content (AvgIpc) is 2.33. The summed E-state index contributed by atoms with van der Waals surface area (Å²) < 4.78 is 0. The van der Waals surface area contributed by atoms with Gasteiger partial charge in [0.1, 0.15) is 0 Å². The Kier molecular flexibility index (Phi) is 3.64. The molecule has 0 aliphatic carbocycles. The van der Waals surface area contributed by atoms with E-state index in [0.717, 1.165) is 0 Å². The lowest BCUT2D eigenvalue weighted by Gasteiger charge is -2.19. The van der Waals surface area contributed by atoms with Crippen molar-refractivity contribution in [2.45, 2.75) is 25.9 Å². The van der Waals surface area contributed by atoms with Gasteiger partial charge >= 0.3 is 0 Å². The molecule has 2 aromatic carbocycles. The lowest BCUT2D eigenvalue weighted by atomic mass is 10.0. The van der Waals surface area contributed by atoms with Gasteiger partial charge in [-0.05, 0) is 38.5 Å². The van der Waals surface area contributed by atoms with Crippen LogP contribution < -0.4 is 5.30 Å². The topological polar surface area (TPSA) is 0 Å². The van der Waals surface area contributed by atoms with E-state index >= 15 is 0 Å². The van der Waals surface area contributed by atoms with Crippen molar-refractivity contribution in [3.8, 4) is 0 Å². The molecule has 2 aromatic rings. The van der Waals surface area contributed by atoms with Gasteiger partial charge in [0.15, 0.2) is 0 Å². The number of hydrogen-bond acceptors (Lipinski definition) is 0. The standard InChI is InChI=1S/C16H19P/c1-13-9-11-15(12-10-13)17-16(2,3)14-7-5-4-6-8-14/h4-12,17H,1-3H3/p+1. The van der Waals surface area contributed by atoms with Gasteiger partial charge in [0.25, 0.3) is 0 Å². The molecule has 0 saturated carbocycles. The summed E-state index contributed by atoms with van der Waals surface area (Å²) in [5.74, 6) is 0. The fourth-order valence-electron chi connectivity index (χ4n) is 2.03. The predicted molar refractivity (Wildman–Crippen MR) is 80.0 cm³/mol. The van der Waals surface area contributed by atoms with Crippen LogP contribution in [0.25, 0.3) is 0 Å². The third kappa shape index (κ3) is 3.17. The summed E-state index contributed by atoms with van der Waals surface area (Å²) in [6, 6.07) is 19.8. The van der Waals surface area contributed by atoms with Crippen LogP contribution in [0.5, 0.6) is 0 Å². The molecule has 88 valence electrons. The van der Waals surface area contributed by atoms with Crippen LogP contribution in [0.15, 0.2) is 54.6 Å². The Morgan fingerprint density at radius 1 is 0.824 bits per heavy atom. The minimum Gasteiger partial charge on any atom is -0.0622 e. The van der Waals surface area contributed by atoms with Gasteiger partial charge in [-0.1, -0.05) is 48.0 Å². The van der Waals surface area contributed by atoms with Crippen molar-refractivity contribution in [3.05, 3.63) is 65.7 Å². The normalized spacial score (nSPS) is 12.2. The molecule has 1 unspecified atom stereocenters. The van der Waals surface area contributed by atoms with E-state index in [1.54, 1.807) is 0 Å². The highest BCUT2D eigenvalue weighted by molar-refractivity contribution is 7.48. The molecule has 0 aliphatic rings. The van der Waals surface area contributed by atoms with Crippen LogP contribution >= 0.6 is 8.58 Å². The number of aryl methyl sites for hydroxylation is 1. The van der Waals surface area contributed by atoms with E-state index in [4.69, 9.17) is 0 Å². The van der Waals surface area contributed by atoms with Crippen LogP contribution in [-0.2, 0) is 5.16 Å². The lowest BCUT2D eigenvalue weighted by Crippen LogP contribution is -2.14. The maximum absolute atomic E-state index is 2.34. The molecular formula is C16H20P+. The second-order valence-corrected chi connectivity index (χ2v) is 7.54. The molecule has 0 heterocycles. The summed E-state index contributed by atoms with van der Waals surface area (Å²) >= 11 is 0. The van der Waals surface area contributed by atoms with E-state index in [0.29, 0.717) is 0 Å². The van der Waals surface area contributed by atoms with Crippen molar-refractivity contribution < 1.29 is 0 Å². The van der Waals surface area contributed by atoms with Crippen molar-refractivity contribution in [2.24, 2.45) is 0 Å². The number of hydrogen-bond donors (Lipinski definition) is 0. The molecule has 0 fully saturated rings. The summed E-state index contributed by atoms with van der Waals surface area (Å²) in [7, 11) is 0.254. The molecule has 0 bridgehead atoms. The quantitative estimate of drug-likeness (QED) is 0.716. The zero-order chi connectivity index (χ0) is 12.3. The van der Waals surface area contributed by atoms with E-state index < -0.39 is 0 Å². The lowest BCUT2D eigenvalue weighted by molar-refractivity contribution is 0.778. The SMILES string of the molecule is Cc1ccc([PH2+]C(C)(C)c2ccccc2)cc1. The Morgan fingerprint density at radius 2 is 1.41 bits per heavy atom. The summed E-state index contributed by atoms with van der Waals surface area (Å²) in [6.45, 7) is 6.83. The maximum Gasteiger partial charge on any atom is 0.0991 e. The van der Waals surface area contributed by atoms with Gasteiger partial charge in [0.05, 0.1) is 10.5 Å². The third-order valence-corrected chi connectivity index (χ3v) is 4.90. The van der Waals surface area contributed by atoms with Crippen LogP contribution in [0.1, 0.15) is 25.0 Å². The van der Waals surface area contributed by atoms with Crippen LogP contribution in [-0.4, -0.2) is 0 Å². The highest BCUT2D eigenvalue weighted by Crippen LogP contribution is 2.39. The third-order valence-electron chi connectivity index (χ3n) is 3.12. The molecule has 2 rings (SSSR count). The number of rotatable bonds is 3. The Labute approximate surface area is 106 Å². The summed E-state index contributed by atoms with van der Waals surface area (Å²) in [5.41, 5.74) is 2.78. The zero-order valence-electron chi connectivity index (χ0n) is 10.8. The van der Waals surface area contributed by atoms with Crippen molar-refractivity contribution in [3.63, 3.8) is 0 Å². The molecule has 0 amide bonds. The first-order valence-electron chi connectivity index (χ1n) is 6.06. The average molecular weight is 243 g/mol. The van der Waals surface area contributed by atoms with Crippen LogP contribution in [0.2, 0.25) is 0 Å². The first kappa shape index (κ1) is 12.3. The van der Waals surface area contributed by atoms with E-state index in [2.05, 4.69) is 75.4 Å². The minimum absolute atomic E-state index is 0.254. The van der Waals surface area contributed by atoms with E-state index in [9.17, 15) is 0 Å².